The van der Waals surface area contributed by atoms with Crippen molar-refractivity contribution < 1.29 is 13.2 Å². The third-order valence-electron chi connectivity index (χ3n) is 5.40. The molecule has 0 spiro atoms. The van der Waals surface area contributed by atoms with E-state index in [1.807, 2.05) is 54.6 Å². The van der Waals surface area contributed by atoms with Gasteiger partial charge < -0.3 is 4.98 Å². The maximum atomic E-state index is 13.7. The van der Waals surface area contributed by atoms with Crippen molar-refractivity contribution in [1.82, 2.24) is 4.98 Å². The quantitative estimate of drug-likeness (QED) is 0.376. The normalized spacial score (nSPS) is 13.0. The summed E-state index contributed by atoms with van der Waals surface area (Å²) in [5.74, 6) is 0. The number of rotatable bonds is 2. The first-order valence-corrected chi connectivity index (χ1v) is 8.88. The second-order valence-electron chi connectivity index (χ2n) is 6.98. The first-order chi connectivity index (χ1) is 13.0. The average Bonchev–Trinajstić information content (AvgIpc) is 3.18. The minimum atomic E-state index is -4.36. The topological polar surface area (TPSA) is 15.8 Å². The van der Waals surface area contributed by atoms with Gasteiger partial charge in [0.2, 0.25) is 0 Å². The number of hydrogen-bond acceptors (Lipinski definition) is 0. The van der Waals surface area contributed by atoms with E-state index in [1.165, 1.54) is 6.07 Å². The van der Waals surface area contributed by atoms with Crippen LogP contribution in [-0.2, 0) is 19.0 Å². The van der Waals surface area contributed by atoms with Gasteiger partial charge in [0.25, 0.3) is 0 Å². The summed E-state index contributed by atoms with van der Waals surface area (Å²) in [7, 11) is 0. The van der Waals surface area contributed by atoms with Crippen LogP contribution in [0.15, 0.2) is 66.7 Å². The van der Waals surface area contributed by atoms with E-state index in [2.05, 4.69) is 4.98 Å². The molecule has 134 valence electrons. The molecular weight excluding hydrogens is 347 g/mol. The Hall–Kier alpha value is -3.01. The Morgan fingerprint density at radius 1 is 0.815 bits per heavy atom. The summed E-state index contributed by atoms with van der Waals surface area (Å²) in [6, 6.07) is 20.2. The van der Waals surface area contributed by atoms with Gasteiger partial charge in [0, 0.05) is 22.9 Å². The van der Waals surface area contributed by atoms with E-state index >= 15 is 0 Å². The number of halogens is 3. The first-order valence-electron chi connectivity index (χ1n) is 8.88. The minimum Gasteiger partial charge on any atom is -0.354 e. The molecule has 0 saturated heterocycles. The molecule has 0 atom stereocenters. The van der Waals surface area contributed by atoms with Gasteiger partial charge in [0.15, 0.2) is 0 Å². The Kier molecular flexibility index (Phi) is 3.44. The molecule has 0 bridgehead atoms. The lowest BCUT2D eigenvalue weighted by Crippen LogP contribution is -2.12. The van der Waals surface area contributed by atoms with Crippen molar-refractivity contribution in [2.75, 3.05) is 0 Å². The fraction of sp³-hybridized carbons (Fsp3) is 0.130. The predicted molar refractivity (Wildman–Crippen MR) is 101 cm³/mol. The van der Waals surface area contributed by atoms with Crippen LogP contribution in [-0.4, -0.2) is 4.98 Å². The fourth-order valence-electron chi connectivity index (χ4n) is 4.19. The molecule has 0 aliphatic heterocycles. The Morgan fingerprint density at radius 3 is 2.33 bits per heavy atom. The van der Waals surface area contributed by atoms with Crippen LogP contribution in [0.4, 0.5) is 13.2 Å². The number of para-hydroxylation sites is 1. The third-order valence-corrected chi connectivity index (χ3v) is 5.40. The highest BCUT2D eigenvalue weighted by Gasteiger charge is 2.37. The summed E-state index contributed by atoms with van der Waals surface area (Å²) >= 11 is 0. The van der Waals surface area contributed by atoms with E-state index in [0.29, 0.717) is 12.0 Å². The average molecular weight is 363 g/mol. The van der Waals surface area contributed by atoms with Gasteiger partial charge in [0.05, 0.1) is 11.3 Å². The van der Waals surface area contributed by atoms with Crippen LogP contribution in [0.2, 0.25) is 0 Å². The van der Waals surface area contributed by atoms with E-state index in [1.54, 1.807) is 6.07 Å². The Labute approximate surface area is 154 Å². The van der Waals surface area contributed by atoms with Gasteiger partial charge in [-0.15, -0.1) is 0 Å². The predicted octanol–water partition coefficient (Wildman–Crippen LogP) is 6.35. The molecule has 5 rings (SSSR count). The first kappa shape index (κ1) is 16.2. The molecule has 4 aromatic rings. The Bertz CT molecular complexity index is 1150. The fourth-order valence-corrected chi connectivity index (χ4v) is 4.19. The van der Waals surface area contributed by atoms with E-state index in [9.17, 15) is 13.2 Å². The number of aromatic amines is 1. The summed E-state index contributed by atoms with van der Waals surface area (Å²) in [6.07, 6.45) is -3.56. The van der Waals surface area contributed by atoms with Crippen LogP contribution in [0.5, 0.6) is 0 Å². The smallest absolute Gasteiger partial charge is 0.354 e. The van der Waals surface area contributed by atoms with Crippen molar-refractivity contribution >= 4 is 10.9 Å². The van der Waals surface area contributed by atoms with Crippen LogP contribution in [0.1, 0.15) is 27.8 Å². The maximum Gasteiger partial charge on any atom is 0.416 e. The van der Waals surface area contributed by atoms with Gasteiger partial charge in [-0.05, 0) is 40.8 Å². The molecule has 0 fully saturated rings. The van der Waals surface area contributed by atoms with E-state index in [4.69, 9.17) is 0 Å². The zero-order chi connectivity index (χ0) is 18.6. The number of alkyl halides is 3. The highest BCUT2D eigenvalue weighted by atomic mass is 19.4. The van der Waals surface area contributed by atoms with Gasteiger partial charge in [-0.3, -0.25) is 0 Å². The number of H-pyrrole nitrogens is 1. The minimum absolute atomic E-state index is 0.279. The van der Waals surface area contributed by atoms with E-state index in [-0.39, 0.29) is 6.42 Å². The molecule has 0 unspecified atom stereocenters. The Morgan fingerprint density at radius 2 is 1.56 bits per heavy atom. The number of aromatic nitrogens is 1. The van der Waals surface area contributed by atoms with Crippen LogP contribution < -0.4 is 0 Å². The monoisotopic (exact) mass is 363 g/mol. The number of nitrogens with one attached hydrogen (secondary N) is 1. The molecule has 1 aliphatic carbocycles. The van der Waals surface area contributed by atoms with Gasteiger partial charge in [-0.2, -0.15) is 13.2 Å². The lowest BCUT2D eigenvalue weighted by atomic mass is 9.91. The lowest BCUT2D eigenvalue weighted by molar-refractivity contribution is -0.138. The third kappa shape index (κ3) is 2.55. The molecule has 0 radical (unpaired) electrons. The summed E-state index contributed by atoms with van der Waals surface area (Å²) in [4.78, 5) is 3.40. The maximum absolute atomic E-state index is 13.7. The zero-order valence-corrected chi connectivity index (χ0v) is 14.4. The van der Waals surface area contributed by atoms with Crippen LogP contribution >= 0.6 is 0 Å². The highest BCUT2D eigenvalue weighted by Crippen LogP contribution is 2.45. The SMILES string of the molecule is FC(F)(F)c1ccc2c(c1Cc1ccccc1)Cc1c-2[nH]c2ccccc12. The second kappa shape index (κ2) is 5.74. The van der Waals surface area contributed by atoms with Crippen molar-refractivity contribution in [3.05, 3.63) is 94.5 Å². The molecule has 27 heavy (non-hydrogen) atoms. The highest BCUT2D eigenvalue weighted by molar-refractivity contribution is 5.94. The van der Waals surface area contributed by atoms with Gasteiger partial charge in [-0.25, -0.2) is 0 Å². The van der Waals surface area contributed by atoms with Gasteiger partial charge in [0.1, 0.15) is 0 Å². The molecule has 0 saturated carbocycles. The molecule has 4 heteroatoms. The standard InChI is InChI=1S/C23H16F3N/c24-23(25,26)20-11-10-16-17(18(20)12-14-6-2-1-3-7-14)13-19-15-8-4-5-9-21(15)27-22(16)19/h1-11,27H,12-13H2. The lowest BCUT2D eigenvalue weighted by Gasteiger charge is -2.17. The van der Waals surface area contributed by atoms with Crippen LogP contribution in [0.3, 0.4) is 0 Å². The van der Waals surface area contributed by atoms with Crippen LogP contribution in [0.25, 0.3) is 22.2 Å². The zero-order valence-electron chi connectivity index (χ0n) is 14.4. The molecule has 1 N–H and O–H groups in total. The molecular formula is C23H16F3N. The van der Waals surface area contributed by atoms with E-state index < -0.39 is 11.7 Å². The van der Waals surface area contributed by atoms with Crippen molar-refractivity contribution in [2.24, 2.45) is 0 Å². The summed E-state index contributed by atoms with van der Waals surface area (Å²) in [5.41, 5.74) is 5.50. The molecule has 3 aromatic carbocycles. The van der Waals surface area contributed by atoms with Crippen molar-refractivity contribution in [2.45, 2.75) is 19.0 Å². The van der Waals surface area contributed by atoms with Crippen LogP contribution in [0, 0.1) is 0 Å². The molecule has 1 nitrogen and oxygen atoms in total. The molecule has 1 heterocycles. The largest absolute Gasteiger partial charge is 0.416 e. The van der Waals surface area contributed by atoms with Gasteiger partial charge in [-0.1, -0.05) is 54.6 Å². The van der Waals surface area contributed by atoms with E-state index in [0.717, 1.165) is 38.9 Å². The molecule has 1 aromatic heterocycles. The second-order valence-corrected chi connectivity index (χ2v) is 6.98. The number of fused-ring (bicyclic) bond motifs is 5. The Balaban J connectivity index is 1.71. The van der Waals surface area contributed by atoms with Crippen molar-refractivity contribution in [3.63, 3.8) is 0 Å². The number of hydrogen-bond donors (Lipinski definition) is 1. The van der Waals surface area contributed by atoms with Crippen molar-refractivity contribution in [1.29, 1.82) is 0 Å². The number of benzene rings is 3. The molecule has 1 aliphatic rings. The van der Waals surface area contributed by atoms with Gasteiger partial charge >= 0.3 is 6.18 Å². The molecule has 0 amide bonds. The summed E-state index contributed by atoms with van der Waals surface area (Å²) in [5, 5.41) is 1.09. The summed E-state index contributed by atoms with van der Waals surface area (Å²) < 4.78 is 41.2. The van der Waals surface area contributed by atoms with Crippen molar-refractivity contribution in [3.8, 4) is 11.3 Å². The summed E-state index contributed by atoms with van der Waals surface area (Å²) in [6.45, 7) is 0.